The summed E-state index contributed by atoms with van der Waals surface area (Å²) in [5.74, 6) is -2.29. The first-order valence-electron chi connectivity index (χ1n) is 8.53. The molecule has 1 heterocycles. The minimum Gasteiger partial charge on any atom is -0.353 e. The first kappa shape index (κ1) is 19.7. The molecule has 1 fully saturated rings. The molecule has 0 spiro atoms. The zero-order valence-corrected chi connectivity index (χ0v) is 16.0. The molecule has 0 unspecified atom stereocenters. The lowest BCUT2D eigenvalue weighted by molar-refractivity contribution is -0.119. The van der Waals surface area contributed by atoms with E-state index in [1.54, 1.807) is 0 Å². The van der Waals surface area contributed by atoms with Gasteiger partial charge in [-0.25, -0.2) is 8.78 Å². The lowest BCUT2D eigenvalue weighted by atomic mass is 9.95. The summed E-state index contributed by atoms with van der Waals surface area (Å²) in [5, 5.41) is 13.3. The SMILES string of the molecule is O=C(CSc1nnc(NC(=O)c2ccc(F)cc2F)s1)NC1CCCCC1. The second-order valence-electron chi connectivity index (χ2n) is 6.14. The fourth-order valence-electron chi connectivity index (χ4n) is 2.80. The number of carbonyl (C=O) groups excluding carboxylic acids is 2. The fourth-order valence-corrected chi connectivity index (χ4v) is 4.36. The highest BCUT2D eigenvalue weighted by atomic mass is 32.2. The summed E-state index contributed by atoms with van der Waals surface area (Å²) in [6, 6.07) is 2.96. The minimum atomic E-state index is -0.953. The summed E-state index contributed by atoms with van der Waals surface area (Å²) < 4.78 is 27.1. The van der Waals surface area contributed by atoms with E-state index in [-0.39, 0.29) is 28.4 Å². The van der Waals surface area contributed by atoms with Crippen molar-refractivity contribution in [2.24, 2.45) is 0 Å². The number of thioether (sulfide) groups is 1. The van der Waals surface area contributed by atoms with Crippen LogP contribution in [-0.2, 0) is 4.79 Å². The summed E-state index contributed by atoms with van der Waals surface area (Å²) in [5.41, 5.74) is -0.285. The highest BCUT2D eigenvalue weighted by molar-refractivity contribution is 8.01. The zero-order valence-electron chi connectivity index (χ0n) is 14.3. The topological polar surface area (TPSA) is 84.0 Å². The number of nitrogens with zero attached hydrogens (tertiary/aromatic N) is 2. The monoisotopic (exact) mass is 412 g/mol. The Balaban J connectivity index is 1.49. The Morgan fingerprint density at radius 3 is 2.70 bits per heavy atom. The average molecular weight is 412 g/mol. The Hall–Kier alpha value is -2.07. The van der Waals surface area contributed by atoms with Crippen LogP contribution in [-0.4, -0.2) is 33.8 Å². The van der Waals surface area contributed by atoms with Crippen molar-refractivity contribution in [1.29, 1.82) is 0 Å². The Morgan fingerprint density at radius 1 is 1.19 bits per heavy atom. The maximum atomic E-state index is 13.6. The number of aromatic nitrogens is 2. The minimum absolute atomic E-state index is 0.0546. The van der Waals surface area contributed by atoms with Crippen LogP contribution in [0.2, 0.25) is 0 Å². The molecule has 0 atom stereocenters. The molecular weight excluding hydrogens is 394 g/mol. The van der Waals surface area contributed by atoms with E-state index in [4.69, 9.17) is 0 Å². The molecule has 6 nitrogen and oxygen atoms in total. The van der Waals surface area contributed by atoms with E-state index in [1.807, 2.05) is 0 Å². The maximum absolute atomic E-state index is 13.6. The van der Waals surface area contributed by atoms with Gasteiger partial charge in [0, 0.05) is 12.1 Å². The Bertz CT molecular complexity index is 825. The fraction of sp³-hybridized carbons (Fsp3) is 0.412. The third-order valence-corrected chi connectivity index (χ3v) is 6.07. The largest absolute Gasteiger partial charge is 0.353 e. The van der Waals surface area contributed by atoms with Gasteiger partial charge in [0.25, 0.3) is 5.91 Å². The van der Waals surface area contributed by atoms with Crippen LogP contribution in [0.5, 0.6) is 0 Å². The first-order chi connectivity index (χ1) is 13.0. The lowest BCUT2D eigenvalue weighted by Gasteiger charge is -2.22. The molecule has 0 radical (unpaired) electrons. The van der Waals surface area contributed by atoms with Crippen molar-refractivity contribution in [1.82, 2.24) is 15.5 Å². The predicted molar refractivity (Wildman–Crippen MR) is 100.0 cm³/mol. The molecule has 1 aliphatic carbocycles. The van der Waals surface area contributed by atoms with Crippen LogP contribution in [0, 0.1) is 11.6 Å². The number of rotatable bonds is 6. The van der Waals surface area contributed by atoms with Crippen LogP contribution < -0.4 is 10.6 Å². The van der Waals surface area contributed by atoms with Gasteiger partial charge in [0.2, 0.25) is 11.0 Å². The number of carbonyl (C=O) groups is 2. The number of benzene rings is 1. The van der Waals surface area contributed by atoms with Crippen LogP contribution in [0.3, 0.4) is 0 Å². The molecule has 0 aliphatic heterocycles. The van der Waals surface area contributed by atoms with Gasteiger partial charge in [0.05, 0.1) is 11.3 Å². The molecule has 0 bridgehead atoms. The van der Waals surface area contributed by atoms with E-state index in [9.17, 15) is 18.4 Å². The number of halogens is 2. The molecule has 2 N–H and O–H groups in total. The molecule has 1 aromatic heterocycles. The zero-order chi connectivity index (χ0) is 19.2. The summed E-state index contributed by atoms with van der Waals surface area (Å²) in [4.78, 5) is 24.0. The molecular formula is C17H18F2N4O2S2. The van der Waals surface area contributed by atoms with Gasteiger partial charge in [0.15, 0.2) is 4.34 Å². The van der Waals surface area contributed by atoms with Crippen LogP contribution in [0.1, 0.15) is 42.5 Å². The van der Waals surface area contributed by atoms with E-state index in [2.05, 4.69) is 20.8 Å². The molecule has 1 aromatic carbocycles. The van der Waals surface area contributed by atoms with E-state index < -0.39 is 17.5 Å². The van der Waals surface area contributed by atoms with Crippen molar-refractivity contribution in [3.63, 3.8) is 0 Å². The molecule has 144 valence electrons. The van der Waals surface area contributed by atoms with Crippen molar-refractivity contribution in [3.8, 4) is 0 Å². The average Bonchev–Trinajstić information content (AvgIpc) is 3.08. The van der Waals surface area contributed by atoms with Crippen molar-refractivity contribution >= 4 is 40.0 Å². The van der Waals surface area contributed by atoms with Crippen LogP contribution in [0.4, 0.5) is 13.9 Å². The maximum Gasteiger partial charge on any atom is 0.260 e. The first-order valence-corrected chi connectivity index (χ1v) is 10.3. The van der Waals surface area contributed by atoms with Gasteiger partial charge >= 0.3 is 0 Å². The van der Waals surface area contributed by atoms with Gasteiger partial charge in [-0.2, -0.15) is 0 Å². The lowest BCUT2D eigenvalue weighted by Crippen LogP contribution is -2.37. The van der Waals surface area contributed by atoms with Gasteiger partial charge in [-0.1, -0.05) is 42.4 Å². The molecule has 3 rings (SSSR count). The predicted octanol–water partition coefficient (Wildman–Crippen LogP) is 3.61. The van der Waals surface area contributed by atoms with Crippen LogP contribution in [0.25, 0.3) is 0 Å². The molecule has 0 saturated heterocycles. The summed E-state index contributed by atoms with van der Waals surface area (Å²) >= 11 is 2.31. The van der Waals surface area contributed by atoms with Crippen LogP contribution in [0.15, 0.2) is 22.5 Å². The Labute approximate surface area is 163 Å². The highest BCUT2D eigenvalue weighted by Crippen LogP contribution is 2.26. The summed E-state index contributed by atoms with van der Waals surface area (Å²) in [6.07, 6.45) is 5.55. The molecule has 10 heteroatoms. The van der Waals surface area contributed by atoms with Gasteiger partial charge in [-0.05, 0) is 25.0 Å². The van der Waals surface area contributed by atoms with E-state index in [0.29, 0.717) is 10.4 Å². The number of nitrogens with one attached hydrogen (secondary N) is 2. The molecule has 27 heavy (non-hydrogen) atoms. The van der Waals surface area contributed by atoms with Crippen molar-refractivity contribution in [2.75, 3.05) is 11.1 Å². The van der Waals surface area contributed by atoms with Crippen molar-refractivity contribution in [2.45, 2.75) is 42.5 Å². The van der Waals surface area contributed by atoms with Gasteiger partial charge in [-0.3, -0.25) is 14.9 Å². The van der Waals surface area contributed by atoms with Crippen molar-refractivity contribution < 1.29 is 18.4 Å². The standard InChI is InChI=1S/C17H18F2N4O2S2/c18-10-6-7-12(13(19)8-10)15(25)21-16-22-23-17(27-16)26-9-14(24)20-11-4-2-1-3-5-11/h6-8,11H,1-5,9H2,(H,20,24)(H,21,22,25). The normalized spacial score (nSPS) is 14.7. The van der Waals surface area contributed by atoms with Gasteiger partial charge in [0.1, 0.15) is 11.6 Å². The third kappa shape index (κ3) is 5.70. The smallest absolute Gasteiger partial charge is 0.260 e. The Kier molecular flexibility index (Phi) is 6.73. The number of hydrogen-bond acceptors (Lipinski definition) is 6. The summed E-state index contributed by atoms with van der Waals surface area (Å²) in [7, 11) is 0. The van der Waals surface area contributed by atoms with E-state index >= 15 is 0 Å². The highest BCUT2D eigenvalue weighted by Gasteiger charge is 2.17. The number of hydrogen-bond donors (Lipinski definition) is 2. The molecule has 1 saturated carbocycles. The molecule has 2 aromatic rings. The van der Waals surface area contributed by atoms with E-state index in [1.165, 1.54) is 18.2 Å². The molecule has 2 amide bonds. The summed E-state index contributed by atoms with van der Waals surface area (Å²) in [6.45, 7) is 0. The molecule has 1 aliphatic rings. The number of anilines is 1. The second kappa shape index (κ2) is 9.23. The van der Waals surface area contributed by atoms with Crippen LogP contribution >= 0.6 is 23.1 Å². The quantitative estimate of drug-likeness (QED) is 0.559. The third-order valence-electron chi connectivity index (χ3n) is 4.10. The number of amides is 2. The van der Waals surface area contributed by atoms with Gasteiger partial charge in [-0.15, -0.1) is 10.2 Å². The second-order valence-corrected chi connectivity index (χ2v) is 8.34. The van der Waals surface area contributed by atoms with E-state index in [0.717, 1.165) is 49.2 Å². The van der Waals surface area contributed by atoms with Crippen molar-refractivity contribution in [3.05, 3.63) is 35.4 Å². The van der Waals surface area contributed by atoms with Gasteiger partial charge < -0.3 is 5.32 Å². The Morgan fingerprint density at radius 2 is 1.96 bits per heavy atom.